The third-order valence-corrected chi connectivity index (χ3v) is 11.9. The van der Waals surface area contributed by atoms with E-state index >= 15 is 0 Å². The standard InChI is InChI=1S/C39H43N3O8S2/c1-39(2)35(16-9-6-8-15-31-28-14-12-13-27-30(40(3)4)20-21-32(37(27)28)41(31)5)42(22-11-7-10-17-36(43)44)33-19-18-26-29(38(33)39)23-25(51(45,46)47)24-34(26)52(48,49)50/h6,8-9,12-16,18-21,23-24,31H,7,10-11,17,22H2,1-5H3,(H,43,44)(H,45,46,47)(H,48,49,50)/b9-6+,15-8+,35-16+. The molecule has 3 N–H and O–H groups in total. The van der Waals surface area contributed by atoms with E-state index in [0.717, 1.165) is 23.1 Å². The summed E-state index contributed by atoms with van der Waals surface area (Å²) in [6.45, 7) is 4.42. The molecule has 0 fully saturated rings. The van der Waals surface area contributed by atoms with Gasteiger partial charge < -0.3 is 19.8 Å². The molecule has 6 rings (SSSR count). The molecule has 0 saturated heterocycles. The molecule has 13 heteroatoms. The second-order valence-corrected chi connectivity index (χ2v) is 16.9. The minimum atomic E-state index is -4.87. The smallest absolute Gasteiger partial charge is 0.303 e. The Morgan fingerprint density at radius 2 is 1.60 bits per heavy atom. The number of unbranched alkanes of at least 4 members (excludes halogenated alkanes) is 2. The molecule has 2 aliphatic rings. The molecule has 0 saturated carbocycles. The maximum Gasteiger partial charge on any atom is 0.303 e. The van der Waals surface area contributed by atoms with Crippen LogP contribution in [-0.4, -0.2) is 64.7 Å². The van der Waals surface area contributed by atoms with Gasteiger partial charge in [-0.05, 0) is 65.8 Å². The molecule has 2 aliphatic heterocycles. The second-order valence-electron chi connectivity index (χ2n) is 14.1. The number of carbonyl (C=O) groups is 1. The topological polar surface area (TPSA) is 156 Å². The van der Waals surface area contributed by atoms with Crippen LogP contribution in [0.3, 0.4) is 0 Å². The van der Waals surface area contributed by atoms with E-state index in [4.69, 9.17) is 5.11 Å². The van der Waals surface area contributed by atoms with Crippen LogP contribution in [0.4, 0.5) is 17.1 Å². The van der Waals surface area contributed by atoms with Gasteiger partial charge in [0, 0.05) is 78.4 Å². The number of nitrogens with zero attached hydrogens (tertiary/aromatic N) is 3. The lowest BCUT2D eigenvalue weighted by Crippen LogP contribution is -2.27. The molecule has 0 aliphatic carbocycles. The summed E-state index contributed by atoms with van der Waals surface area (Å²) in [6.07, 6.45) is 11.9. The van der Waals surface area contributed by atoms with E-state index in [1.807, 2.05) is 52.2 Å². The highest BCUT2D eigenvalue weighted by Gasteiger charge is 2.42. The van der Waals surface area contributed by atoms with Gasteiger partial charge in [-0.2, -0.15) is 16.8 Å². The third kappa shape index (κ3) is 6.69. The SMILES string of the molecule is CN(C)c1ccc2c3c(cccc13)C(/C=C/C=C/C=C1/N(CCCCCC(=O)O)c3ccc4c(S(=O)(=O)O)cc(S(=O)(=O)O)cc4c3C1(C)C)N2C. The molecule has 1 unspecified atom stereocenters. The average Bonchev–Trinajstić information content (AvgIpc) is 3.46. The van der Waals surface area contributed by atoms with Gasteiger partial charge in [0.2, 0.25) is 0 Å². The number of carboxylic acid groups (broad SMARTS) is 1. The number of carboxylic acids is 1. The van der Waals surface area contributed by atoms with Crippen LogP contribution in [0.2, 0.25) is 0 Å². The van der Waals surface area contributed by atoms with Crippen LogP contribution in [0, 0.1) is 0 Å². The lowest BCUT2D eigenvalue weighted by molar-refractivity contribution is -0.137. The first kappa shape index (κ1) is 37.1. The summed E-state index contributed by atoms with van der Waals surface area (Å²) in [5, 5.41) is 11.9. The molecular weight excluding hydrogens is 703 g/mol. The predicted molar refractivity (Wildman–Crippen MR) is 206 cm³/mol. The van der Waals surface area contributed by atoms with Crippen molar-refractivity contribution in [3.8, 4) is 0 Å². The van der Waals surface area contributed by atoms with E-state index in [1.54, 1.807) is 6.07 Å². The summed E-state index contributed by atoms with van der Waals surface area (Å²) < 4.78 is 69.4. The van der Waals surface area contributed by atoms with Crippen molar-refractivity contribution >= 4 is 64.8 Å². The fourth-order valence-corrected chi connectivity index (χ4v) is 9.11. The minimum Gasteiger partial charge on any atom is -0.481 e. The molecule has 0 spiro atoms. The first-order chi connectivity index (χ1) is 24.4. The van der Waals surface area contributed by atoms with E-state index in [1.165, 1.54) is 34.2 Å². The molecule has 274 valence electrons. The van der Waals surface area contributed by atoms with Crippen LogP contribution in [0.25, 0.3) is 21.5 Å². The van der Waals surface area contributed by atoms with Gasteiger partial charge in [0.15, 0.2) is 0 Å². The van der Waals surface area contributed by atoms with E-state index in [0.29, 0.717) is 31.4 Å². The molecule has 4 aromatic rings. The molecule has 2 heterocycles. The number of benzene rings is 4. The van der Waals surface area contributed by atoms with Crippen molar-refractivity contribution in [1.29, 1.82) is 0 Å². The van der Waals surface area contributed by atoms with Gasteiger partial charge in [-0.15, -0.1) is 0 Å². The summed E-state index contributed by atoms with van der Waals surface area (Å²) in [6, 6.07) is 16.0. The Morgan fingerprint density at radius 1 is 0.865 bits per heavy atom. The Morgan fingerprint density at radius 3 is 2.27 bits per heavy atom. The lowest BCUT2D eigenvalue weighted by Gasteiger charge is -2.27. The first-order valence-electron chi connectivity index (χ1n) is 17.0. The van der Waals surface area contributed by atoms with Gasteiger partial charge in [0.1, 0.15) is 4.90 Å². The van der Waals surface area contributed by atoms with E-state index in [-0.39, 0.29) is 23.2 Å². The molecule has 0 aromatic heterocycles. The minimum absolute atomic E-state index is 0.0308. The molecule has 1 atom stereocenters. The molecule has 52 heavy (non-hydrogen) atoms. The van der Waals surface area contributed by atoms with E-state index in [9.17, 15) is 30.7 Å². The molecule has 11 nitrogen and oxygen atoms in total. The Balaban J connectivity index is 1.38. The zero-order valence-electron chi connectivity index (χ0n) is 29.7. The summed E-state index contributed by atoms with van der Waals surface area (Å²) in [7, 11) is -3.53. The van der Waals surface area contributed by atoms with Gasteiger partial charge in [-0.3, -0.25) is 13.9 Å². The van der Waals surface area contributed by atoms with Crippen LogP contribution >= 0.6 is 0 Å². The number of anilines is 3. The largest absolute Gasteiger partial charge is 0.481 e. The van der Waals surface area contributed by atoms with Crippen LogP contribution in [0.1, 0.15) is 56.7 Å². The summed E-state index contributed by atoms with van der Waals surface area (Å²) in [5.74, 6) is -0.857. The summed E-state index contributed by atoms with van der Waals surface area (Å²) in [5.41, 5.74) is 4.98. The van der Waals surface area contributed by atoms with Crippen LogP contribution in [-0.2, 0) is 30.4 Å². The molecule has 4 aromatic carbocycles. The van der Waals surface area contributed by atoms with Crippen molar-refractivity contribution in [2.45, 2.75) is 60.8 Å². The number of hydrogen-bond donors (Lipinski definition) is 3. The lowest BCUT2D eigenvalue weighted by atomic mass is 9.81. The normalized spacial score (nSPS) is 17.8. The zero-order valence-corrected chi connectivity index (χ0v) is 31.4. The molecule has 0 radical (unpaired) electrons. The fourth-order valence-electron chi connectivity index (χ4n) is 7.77. The van der Waals surface area contributed by atoms with Crippen LogP contribution in [0.15, 0.2) is 100 Å². The number of allylic oxidation sites excluding steroid dienone is 5. The van der Waals surface area contributed by atoms with Gasteiger partial charge in [0.05, 0.1) is 10.9 Å². The number of rotatable bonds is 12. The van der Waals surface area contributed by atoms with Crippen molar-refractivity contribution in [3.63, 3.8) is 0 Å². The quantitative estimate of drug-likeness (QED) is 0.0751. The average molecular weight is 746 g/mol. The summed E-state index contributed by atoms with van der Waals surface area (Å²) >= 11 is 0. The molecular formula is C39H43N3O8S2. The number of fused-ring (bicyclic) bond motifs is 3. The second kappa shape index (κ2) is 13.7. The maximum atomic E-state index is 12.4. The van der Waals surface area contributed by atoms with Gasteiger partial charge in [-0.1, -0.05) is 68.8 Å². The van der Waals surface area contributed by atoms with Crippen molar-refractivity contribution in [2.75, 3.05) is 42.4 Å². The van der Waals surface area contributed by atoms with Crippen LogP contribution in [0.5, 0.6) is 0 Å². The van der Waals surface area contributed by atoms with Gasteiger partial charge in [0.25, 0.3) is 20.2 Å². The molecule has 0 bridgehead atoms. The number of likely N-dealkylation sites (N-methyl/N-ethyl adjacent to an activating group) is 1. The van der Waals surface area contributed by atoms with E-state index < -0.39 is 41.4 Å². The van der Waals surface area contributed by atoms with Gasteiger partial charge in [-0.25, -0.2) is 0 Å². The van der Waals surface area contributed by atoms with Crippen molar-refractivity contribution in [1.82, 2.24) is 0 Å². The van der Waals surface area contributed by atoms with E-state index in [2.05, 4.69) is 58.2 Å². The van der Waals surface area contributed by atoms with Gasteiger partial charge >= 0.3 is 5.97 Å². The Labute approximate surface area is 304 Å². The highest BCUT2D eigenvalue weighted by molar-refractivity contribution is 7.86. The predicted octanol–water partition coefficient (Wildman–Crippen LogP) is 7.48. The number of hydrogen-bond acceptors (Lipinski definition) is 8. The summed E-state index contributed by atoms with van der Waals surface area (Å²) in [4.78, 5) is 16.3. The monoisotopic (exact) mass is 745 g/mol. The maximum absolute atomic E-state index is 12.4. The van der Waals surface area contributed by atoms with Crippen molar-refractivity contribution in [2.24, 2.45) is 0 Å². The third-order valence-electron chi connectivity index (χ3n) is 10.1. The highest BCUT2D eigenvalue weighted by Crippen LogP contribution is 2.52. The Bertz CT molecular complexity index is 2420. The van der Waals surface area contributed by atoms with Crippen LogP contribution < -0.4 is 14.7 Å². The highest BCUT2D eigenvalue weighted by atomic mass is 32.2. The van der Waals surface area contributed by atoms with Crippen molar-refractivity contribution in [3.05, 3.63) is 102 Å². The van der Waals surface area contributed by atoms with Crippen molar-refractivity contribution < 1.29 is 35.8 Å². The fraction of sp³-hybridized carbons (Fsp3) is 0.308. The first-order valence-corrected chi connectivity index (χ1v) is 19.9. The Kier molecular flexibility index (Phi) is 9.77. The number of aliphatic carboxylic acids is 1. The zero-order chi connectivity index (χ0) is 37.7. The Hall–Kier alpha value is -4.69. The molecule has 0 amide bonds.